The van der Waals surface area contributed by atoms with Crippen LogP contribution in [0.25, 0.3) is 0 Å². The molecule has 0 amide bonds. The Hall–Kier alpha value is -0.820. The molecule has 12 heavy (non-hydrogen) atoms. The minimum Gasteiger partial charge on any atom is -0.392 e. The smallest absolute Gasteiger partial charge is 0.0615 e. The van der Waals surface area contributed by atoms with Crippen molar-refractivity contribution < 1.29 is 5.11 Å². The van der Waals surface area contributed by atoms with Crippen LogP contribution in [0.5, 0.6) is 0 Å². The monoisotopic (exact) mass is 166 g/mol. The van der Waals surface area contributed by atoms with Gasteiger partial charge in [0.1, 0.15) is 0 Å². The zero-order valence-electron chi connectivity index (χ0n) is 7.74. The Kier molecular flexibility index (Phi) is 9.48. The van der Waals surface area contributed by atoms with Crippen LogP contribution in [0.2, 0.25) is 0 Å². The molecule has 0 atom stereocenters. The highest BCUT2D eigenvalue weighted by Gasteiger charge is 1.74. The highest BCUT2D eigenvalue weighted by Crippen LogP contribution is 1.94. The summed E-state index contributed by atoms with van der Waals surface area (Å²) in [6.45, 7) is 2.30. The van der Waals surface area contributed by atoms with Crippen molar-refractivity contribution in [1.29, 1.82) is 0 Å². The molecule has 0 aromatic heterocycles. The number of unbranched alkanes of at least 4 members (excludes halogenated alkanes) is 2. The first-order valence-corrected chi connectivity index (χ1v) is 4.51. The van der Waals surface area contributed by atoms with Gasteiger partial charge < -0.3 is 5.11 Å². The Morgan fingerprint density at radius 3 is 2.25 bits per heavy atom. The lowest BCUT2D eigenvalue weighted by Gasteiger charge is -1.85. The van der Waals surface area contributed by atoms with Gasteiger partial charge in [0.05, 0.1) is 6.61 Å². The van der Waals surface area contributed by atoms with Crippen molar-refractivity contribution in [3.63, 3.8) is 0 Å². The molecule has 0 saturated carbocycles. The number of aliphatic hydroxyl groups is 1. The second kappa shape index (κ2) is 10.2. The highest BCUT2D eigenvalue weighted by atomic mass is 16.2. The van der Waals surface area contributed by atoms with Gasteiger partial charge in [-0.2, -0.15) is 0 Å². The summed E-state index contributed by atoms with van der Waals surface area (Å²) in [7, 11) is 0. The minimum atomic E-state index is 0.115. The van der Waals surface area contributed by atoms with E-state index in [1.807, 2.05) is 24.3 Å². The third-order valence-electron chi connectivity index (χ3n) is 1.44. The van der Waals surface area contributed by atoms with Gasteiger partial charge in [-0.1, -0.05) is 56.2 Å². The van der Waals surface area contributed by atoms with Crippen LogP contribution in [-0.2, 0) is 0 Å². The zero-order chi connectivity index (χ0) is 9.07. The molecule has 0 fully saturated rings. The molecule has 1 N–H and O–H groups in total. The summed E-state index contributed by atoms with van der Waals surface area (Å²) in [4.78, 5) is 0. The topological polar surface area (TPSA) is 20.2 Å². The van der Waals surface area contributed by atoms with Crippen molar-refractivity contribution in [2.45, 2.75) is 26.2 Å². The van der Waals surface area contributed by atoms with Gasteiger partial charge >= 0.3 is 0 Å². The van der Waals surface area contributed by atoms with Crippen molar-refractivity contribution in [2.24, 2.45) is 0 Å². The molecule has 1 heteroatoms. The Balaban J connectivity index is 3.32. The molecule has 0 aromatic carbocycles. The van der Waals surface area contributed by atoms with Gasteiger partial charge in [0.2, 0.25) is 0 Å². The molecular formula is C11H18O. The van der Waals surface area contributed by atoms with E-state index in [0.29, 0.717) is 0 Å². The number of hydrogen-bond donors (Lipinski definition) is 1. The standard InChI is InChI=1S/C11H18O/c1-2-3-4-5-6-7-8-9-10-11-12/h5-10,12H,2-4,11H2,1H3/b6-5+,8-7+,10-9+. The highest BCUT2D eigenvalue weighted by molar-refractivity contribution is 5.10. The molecule has 0 radical (unpaired) electrons. The van der Waals surface area contributed by atoms with E-state index in [2.05, 4.69) is 13.0 Å². The molecule has 0 unspecified atom stereocenters. The molecule has 0 aliphatic carbocycles. The molecule has 0 spiro atoms. The molecule has 0 rings (SSSR count). The average molecular weight is 166 g/mol. The molecule has 0 aromatic rings. The summed E-state index contributed by atoms with van der Waals surface area (Å²) in [5.41, 5.74) is 0. The van der Waals surface area contributed by atoms with Crippen LogP contribution in [0, 0.1) is 0 Å². The first-order chi connectivity index (χ1) is 5.91. The largest absolute Gasteiger partial charge is 0.392 e. The summed E-state index contributed by atoms with van der Waals surface area (Å²) in [6.07, 6.45) is 15.3. The van der Waals surface area contributed by atoms with E-state index >= 15 is 0 Å². The van der Waals surface area contributed by atoms with Gasteiger partial charge in [0, 0.05) is 0 Å². The average Bonchev–Trinajstić information content (AvgIpc) is 2.10. The first-order valence-electron chi connectivity index (χ1n) is 4.51. The van der Waals surface area contributed by atoms with Crippen LogP contribution in [0.3, 0.4) is 0 Å². The van der Waals surface area contributed by atoms with Crippen molar-refractivity contribution in [3.05, 3.63) is 36.5 Å². The Morgan fingerprint density at radius 2 is 1.67 bits per heavy atom. The van der Waals surface area contributed by atoms with Gasteiger partial charge in [-0.25, -0.2) is 0 Å². The summed E-state index contributed by atoms with van der Waals surface area (Å²) in [5, 5.41) is 8.40. The molecule has 0 aliphatic rings. The van der Waals surface area contributed by atoms with Crippen LogP contribution < -0.4 is 0 Å². The zero-order valence-corrected chi connectivity index (χ0v) is 7.74. The van der Waals surface area contributed by atoms with Crippen LogP contribution in [0.4, 0.5) is 0 Å². The first kappa shape index (κ1) is 11.2. The Labute approximate surface area is 75.1 Å². The molecular weight excluding hydrogens is 148 g/mol. The number of rotatable bonds is 6. The maximum absolute atomic E-state index is 8.40. The van der Waals surface area contributed by atoms with Gasteiger partial charge in [0.25, 0.3) is 0 Å². The molecule has 0 bridgehead atoms. The summed E-state index contributed by atoms with van der Waals surface area (Å²) >= 11 is 0. The summed E-state index contributed by atoms with van der Waals surface area (Å²) < 4.78 is 0. The Bertz CT molecular complexity index is 154. The van der Waals surface area contributed by atoms with E-state index in [1.165, 1.54) is 12.8 Å². The predicted octanol–water partition coefficient (Wildman–Crippen LogP) is 2.84. The fourth-order valence-corrected chi connectivity index (χ4v) is 0.764. The third kappa shape index (κ3) is 9.18. The number of hydrogen-bond acceptors (Lipinski definition) is 1. The second-order valence-electron chi connectivity index (χ2n) is 2.57. The minimum absolute atomic E-state index is 0.115. The van der Waals surface area contributed by atoms with E-state index in [1.54, 1.807) is 6.08 Å². The third-order valence-corrected chi connectivity index (χ3v) is 1.44. The van der Waals surface area contributed by atoms with Crippen molar-refractivity contribution in [3.8, 4) is 0 Å². The van der Waals surface area contributed by atoms with Gasteiger partial charge in [-0.05, 0) is 6.42 Å². The van der Waals surface area contributed by atoms with E-state index in [-0.39, 0.29) is 6.61 Å². The summed E-state index contributed by atoms with van der Waals surface area (Å²) in [6, 6.07) is 0. The van der Waals surface area contributed by atoms with Gasteiger partial charge in [-0.3, -0.25) is 0 Å². The van der Waals surface area contributed by atoms with Crippen LogP contribution in [0.1, 0.15) is 26.2 Å². The van der Waals surface area contributed by atoms with Crippen LogP contribution in [-0.4, -0.2) is 11.7 Å². The van der Waals surface area contributed by atoms with Crippen molar-refractivity contribution in [2.75, 3.05) is 6.61 Å². The van der Waals surface area contributed by atoms with Gasteiger partial charge in [-0.15, -0.1) is 0 Å². The summed E-state index contributed by atoms with van der Waals surface area (Å²) in [5.74, 6) is 0. The Morgan fingerprint density at radius 1 is 1.00 bits per heavy atom. The predicted molar refractivity (Wildman–Crippen MR) is 54.0 cm³/mol. The lowest BCUT2D eigenvalue weighted by atomic mass is 10.2. The van der Waals surface area contributed by atoms with Crippen molar-refractivity contribution in [1.82, 2.24) is 0 Å². The number of aliphatic hydroxyl groups excluding tert-OH is 1. The molecule has 68 valence electrons. The maximum Gasteiger partial charge on any atom is 0.0615 e. The van der Waals surface area contributed by atoms with E-state index in [9.17, 15) is 0 Å². The number of allylic oxidation sites excluding steroid dienone is 5. The SMILES string of the molecule is CCCC/C=C/C=C/C=C/CO. The quantitative estimate of drug-likeness (QED) is 0.475. The normalized spacial score (nSPS) is 12.5. The fraction of sp³-hybridized carbons (Fsp3) is 0.455. The second-order valence-corrected chi connectivity index (χ2v) is 2.57. The maximum atomic E-state index is 8.40. The molecule has 0 heterocycles. The van der Waals surface area contributed by atoms with Crippen LogP contribution in [0.15, 0.2) is 36.5 Å². The van der Waals surface area contributed by atoms with Gasteiger partial charge in [0.15, 0.2) is 0 Å². The lowest BCUT2D eigenvalue weighted by Crippen LogP contribution is -1.67. The van der Waals surface area contributed by atoms with E-state index in [0.717, 1.165) is 6.42 Å². The van der Waals surface area contributed by atoms with E-state index < -0.39 is 0 Å². The fourth-order valence-electron chi connectivity index (χ4n) is 0.764. The van der Waals surface area contributed by atoms with Crippen LogP contribution >= 0.6 is 0 Å². The molecule has 1 nitrogen and oxygen atoms in total. The van der Waals surface area contributed by atoms with E-state index in [4.69, 9.17) is 5.11 Å². The van der Waals surface area contributed by atoms with Crippen molar-refractivity contribution >= 4 is 0 Å². The molecule has 0 aliphatic heterocycles. The lowest BCUT2D eigenvalue weighted by molar-refractivity contribution is 0.343. The molecule has 0 saturated heterocycles.